The van der Waals surface area contributed by atoms with Gasteiger partial charge in [0, 0.05) is 38.0 Å². The summed E-state index contributed by atoms with van der Waals surface area (Å²) >= 11 is 0. The van der Waals surface area contributed by atoms with Gasteiger partial charge in [-0.3, -0.25) is 4.79 Å². The van der Waals surface area contributed by atoms with Gasteiger partial charge in [0.1, 0.15) is 12.7 Å². The second-order valence-electron chi connectivity index (χ2n) is 9.23. The van der Waals surface area contributed by atoms with Crippen LogP contribution in [0.25, 0.3) is 11.1 Å². The van der Waals surface area contributed by atoms with Crippen molar-refractivity contribution in [2.24, 2.45) is 5.92 Å². The van der Waals surface area contributed by atoms with E-state index in [1.807, 2.05) is 24.3 Å². The van der Waals surface area contributed by atoms with Crippen LogP contribution in [0.4, 0.5) is 4.79 Å². The Morgan fingerprint density at radius 3 is 2.34 bits per heavy atom. The number of carboxylic acids is 1. The molecule has 2 fully saturated rings. The Hall–Kier alpha value is -3.43. The molecule has 1 unspecified atom stereocenters. The van der Waals surface area contributed by atoms with Crippen molar-refractivity contribution in [3.05, 3.63) is 59.7 Å². The van der Waals surface area contributed by atoms with Crippen molar-refractivity contribution in [1.82, 2.24) is 10.6 Å². The number of nitrogens with one attached hydrogen (secondary N) is 2. The summed E-state index contributed by atoms with van der Waals surface area (Å²) in [4.78, 5) is 37.0. The third-order valence-electron chi connectivity index (χ3n) is 7.12. The van der Waals surface area contributed by atoms with Gasteiger partial charge in [0.05, 0.1) is 6.61 Å². The van der Waals surface area contributed by atoms with Gasteiger partial charge in [0.25, 0.3) is 0 Å². The molecule has 2 aromatic carbocycles. The van der Waals surface area contributed by atoms with Crippen LogP contribution >= 0.6 is 0 Å². The maximum atomic E-state index is 12.8. The zero-order valence-corrected chi connectivity index (χ0v) is 19.2. The third-order valence-corrected chi connectivity index (χ3v) is 7.12. The van der Waals surface area contributed by atoms with E-state index >= 15 is 0 Å². The maximum absolute atomic E-state index is 12.8. The molecule has 2 aliphatic heterocycles. The highest BCUT2D eigenvalue weighted by Crippen LogP contribution is 2.44. The zero-order valence-electron chi connectivity index (χ0n) is 19.2. The summed E-state index contributed by atoms with van der Waals surface area (Å²) < 4.78 is 16.3. The minimum Gasteiger partial charge on any atom is -0.479 e. The van der Waals surface area contributed by atoms with Gasteiger partial charge in [-0.15, -0.1) is 0 Å². The molecule has 2 amide bonds. The Balaban J connectivity index is 1.16. The lowest BCUT2D eigenvalue weighted by molar-refractivity contribution is -0.149. The fourth-order valence-corrected chi connectivity index (χ4v) is 5.19. The second-order valence-corrected chi connectivity index (χ2v) is 9.23. The normalized spacial score (nSPS) is 25.0. The lowest BCUT2D eigenvalue weighted by Crippen LogP contribution is -2.58. The minimum atomic E-state index is -1.44. The number of carbonyl (C=O) groups excluding carboxylic acids is 2. The van der Waals surface area contributed by atoms with E-state index in [1.165, 1.54) is 0 Å². The van der Waals surface area contributed by atoms with Crippen LogP contribution < -0.4 is 10.6 Å². The van der Waals surface area contributed by atoms with Crippen molar-refractivity contribution in [1.29, 1.82) is 0 Å². The van der Waals surface area contributed by atoms with Crippen LogP contribution in [0.5, 0.6) is 0 Å². The summed E-state index contributed by atoms with van der Waals surface area (Å²) in [6.07, 6.45) is -0.647. The molecular weight excluding hydrogens is 452 g/mol. The molecular formula is C26H28N2O7. The monoisotopic (exact) mass is 480 g/mol. The van der Waals surface area contributed by atoms with Crippen molar-refractivity contribution in [2.45, 2.75) is 30.4 Å². The van der Waals surface area contributed by atoms with Gasteiger partial charge >= 0.3 is 12.1 Å². The summed E-state index contributed by atoms with van der Waals surface area (Å²) in [6.45, 7) is 0.928. The first-order valence-electron chi connectivity index (χ1n) is 11.8. The lowest BCUT2D eigenvalue weighted by atomic mass is 9.96. The molecule has 9 nitrogen and oxygen atoms in total. The number of aliphatic carboxylic acids is 1. The average Bonchev–Trinajstić information content (AvgIpc) is 3.60. The zero-order chi connectivity index (χ0) is 24.4. The van der Waals surface area contributed by atoms with E-state index in [2.05, 4.69) is 34.9 Å². The third kappa shape index (κ3) is 4.49. The number of fused-ring (bicyclic) bond motifs is 3. The van der Waals surface area contributed by atoms with Crippen LogP contribution in [0.15, 0.2) is 48.5 Å². The lowest BCUT2D eigenvalue weighted by Gasteiger charge is -2.27. The predicted octanol–water partition coefficient (Wildman–Crippen LogP) is 2.29. The summed E-state index contributed by atoms with van der Waals surface area (Å²) in [5.74, 6) is -1.96. The van der Waals surface area contributed by atoms with Crippen molar-refractivity contribution in [3.63, 3.8) is 0 Å². The highest BCUT2D eigenvalue weighted by atomic mass is 16.5. The van der Waals surface area contributed by atoms with Gasteiger partial charge in [-0.05, 0) is 28.7 Å². The molecule has 0 radical (unpaired) electrons. The van der Waals surface area contributed by atoms with E-state index < -0.39 is 29.6 Å². The number of amides is 2. The fraction of sp³-hybridized carbons (Fsp3) is 0.423. The summed E-state index contributed by atoms with van der Waals surface area (Å²) in [5.41, 5.74) is 3.13. The van der Waals surface area contributed by atoms with Gasteiger partial charge in [-0.25, -0.2) is 9.59 Å². The fourth-order valence-electron chi connectivity index (χ4n) is 5.19. The van der Waals surface area contributed by atoms with Crippen LogP contribution in [0.1, 0.15) is 29.9 Å². The van der Waals surface area contributed by atoms with Gasteiger partial charge < -0.3 is 30.0 Å². The number of ether oxygens (including phenoxy) is 3. The smallest absolute Gasteiger partial charge is 0.407 e. The van der Waals surface area contributed by atoms with E-state index in [-0.39, 0.29) is 44.6 Å². The predicted molar refractivity (Wildman–Crippen MR) is 125 cm³/mol. The first kappa shape index (κ1) is 23.3. The molecule has 3 aliphatic rings. The van der Waals surface area contributed by atoms with Gasteiger partial charge in [0.15, 0.2) is 5.54 Å². The highest BCUT2D eigenvalue weighted by Gasteiger charge is 2.46. The molecule has 2 heterocycles. The van der Waals surface area contributed by atoms with Crippen molar-refractivity contribution >= 4 is 18.0 Å². The summed E-state index contributed by atoms with van der Waals surface area (Å²) in [6, 6.07) is 16.2. The number of rotatable bonds is 7. The Labute approximate surface area is 202 Å². The molecule has 3 N–H and O–H groups in total. The molecule has 2 aromatic rings. The molecule has 0 aromatic heterocycles. The van der Waals surface area contributed by atoms with Gasteiger partial charge in [-0.2, -0.15) is 0 Å². The van der Waals surface area contributed by atoms with Crippen LogP contribution in [-0.2, 0) is 23.8 Å². The number of hydrogen-bond acceptors (Lipinski definition) is 6. The molecule has 2 saturated heterocycles. The molecule has 1 aliphatic carbocycles. The first-order chi connectivity index (χ1) is 17.0. The van der Waals surface area contributed by atoms with Crippen LogP contribution in [-0.4, -0.2) is 67.7 Å². The first-order valence-corrected chi connectivity index (χ1v) is 11.8. The Morgan fingerprint density at radius 2 is 1.71 bits per heavy atom. The standard InChI is InChI=1S/C26H28N2O7/c29-23(28-26(24(30)31)10-12-33-15-26)22-16(9-11-34-22)13-27-25(32)35-14-21-19-7-3-1-5-17(19)18-6-2-4-8-20(18)21/h1-8,16,21-22H,9-15H2,(H,27,32)(H,28,29)(H,30,31)/t16-,22-,26?/m1/s1. The summed E-state index contributed by atoms with van der Waals surface area (Å²) in [5, 5.41) is 14.9. The molecule has 9 heteroatoms. The van der Waals surface area contributed by atoms with Gasteiger partial charge in [-0.1, -0.05) is 48.5 Å². The molecule has 184 valence electrons. The van der Waals surface area contributed by atoms with Gasteiger partial charge in [0.2, 0.25) is 5.91 Å². The van der Waals surface area contributed by atoms with Crippen molar-refractivity contribution < 1.29 is 33.7 Å². The highest BCUT2D eigenvalue weighted by molar-refractivity contribution is 5.90. The van der Waals surface area contributed by atoms with Crippen LogP contribution in [0.2, 0.25) is 0 Å². The van der Waals surface area contributed by atoms with E-state index in [0.29, 0.717) is 13.0 Å². The molecule has 35 heavy (non-hydrogen) atoms. The largest absolute Gasteiger partial charge is 0.479 e. The number of benzene rings is 2. The van der Waals surface area contributed by atoms with Crippen LogP contribution in [0, 0.1) is 5.92 Å². The maximum Gasteiger partial charge on any atom is 0.407 e. The summed E-state index contributed by atoms with van der Waals surface area (Å²) in [7, 11) is 0. The molecule has 0 saturated carbocycles. The van der Waals surface area contributed by atoms with Crippen molar-refractivity contribution in [2.75, 3.05) is 33.0 Å². The SMILES string of the molecule is O=C(NC[C@H]1CCO[C@H]1C(=O)NC1(C(=O)O)CCOC1)OCC1c2ccccc2-c2ccccc21. The molecule has 5 rings (SSSR count). The Kier molecular flexibility index (Phi) is 6.44. The van der Waals surface area contributed by atoms with Crippen molar-refractivity contribution in [3.8, 4) is 11.1 Å². The van der Waals surface area contributed by atoms with E-state index in [9.17, 15) is 19.5 Å². The molecule has 0 bridgehead atoms. The number of carboxylic acid groups (broad SMARTS) is 1. The topological polar surface area (TPSA) is 123 Å². The second kappa shape index (κ2) is 9.67. The quantitative estimate of drug-likeness (QED) is 0.556. The number of alkyl carbamates (subject to hydrolysis) is 1. The molecule has 3 atom stereocenters. The van der Waals surface area contributed by atoms with Crippen LogP contribution in [0.3, 0.4) is 0 Å². The Bertz CT molecular complexity index is 1080. The number of carbonyl (C=O) groups is 3. The minimum absolute atomic E-state index is 0.0395. The van der Waals surface area contributed by atoms with E-state index in [1.54, 1.807) is 0 Å². The van der Waals surface area contributed by atoms with E-state index in [0.717, 1.165) is 22.3 Å². The average molecular weight is 481 g/mol. The Morgan fingerprint density at radius 1 is 1.03 bits per heavy atom. The van der Waals surface area contributed by atoms with E-state index in [4.69, 9.17) is 14.2 Å². The molecule has 0 spiro atoms. The number of hydrogen-bond donors (Lipinski definition) is 3.